The molecule has 1 heterocycles. The molecule has 0 aromatic carbocycles. The van der Waals surface area contributed by atoms with E-state index in [2.05, 4.69) is 10.3 Å². The molecule has 1 unspecified atom stereocenters. The number of hydrogen-bond acceptors (Lipinski definition) is 5. The molecule has 0 fully saturated rings. The van der Waals surface area contributed by atoms with E-state index in [1.54, 1.807) is 23.4 Å². The molecule has 19 heavy (non-hydrogen) atoms. The molecule has 1 atom stereocenters. The Morgan fingerprint density at radius 1 is 1.68 bits per heavy atom. The van der Waals surface area contributed by atoms with Crippen molar-refractivity contribution in [3.63, 3.8) is 0 Å². The summed E-state index contributed by atoms with van der Waals surface area (Å²) >= 11 is 6.37. The van der Waals surface area contributed by atoms with Crippen molar-refractivity contribution in [1.29, 1.82) is 0 Å². The van der Waals surface area contributed by atoms with Crippen LogP contribution in [0, 0.1) is 10.1 Å². The second kappa shape index (κ2) is 7.58. The molecule has 0 saturated heterocycles. The Labute approximate surface area is 117 Å². The lowest BCUT2D eigenvalue weighted by Crippen LogP contribution is -2.33. The normalized spacial score (nSPS) is 12.9. The largest absolute Gasteiger partial charge is 0.367 e. The van der Waals surface area contributed by atoms with Gasteiger partial charge in [0.25, 0.3) is 6.20 Å². The van der Waals surface area contributed by atoms with Gasteiger partial charge in [-0.3, -0.25) is 15.1 Å². The number of alkyl halides is 1. The summed E-state index contributed by atoms with van der Waals surface area (Å²) in [6.45, 7) is 4.87. The third-order valence-electron chi connectivity index (χ3n) is 2.47. The van der Waals surface area contributed by atoms with Gasteiger partial charge in [-0.05, 0) is 19.9 Å². The van der Waals surface area contributed by atoms with Crippen molar-refractivity contribution in [2.45, 2.75) is 19.3 Å². The number of nitrogens with one attached hydrogen (secondary N) is 1. The van der Waals surface area contributed by atoms with Crippen molar-refractivity contribution in [2.24, 2.45) is 0 Å². The Kier molecular flexibility index (Phi) is 6.08. The molecule has 1 N–H and O–H groups in total. The highest BCUT2D eigenvalue weighted by Gasteiger charge is 2.21. The van der Waals surface area contributed by atoms with Gasteiger partial charge in [0, 0.05) is 31.0 Å². The summed E-state index contributed by atoms with van der Waals surface area (Å²) in [7, 11) is 0. The van der Waals surface area contributed by atoms with Gasteiger partial charge in [-0.2, -0.15) is 0 Å². The van der Waals surface area contributed by atoms with E-state index in [9.17, 15) is 10.1 Å². The molecule has 1 aromatic rings. The van der Waals surface area contributed by atoms with Crippen molar-refractivity contribution in [3.8, 4) is 0 Å². The van der Waals surface area contributed by atoms with E-state index in [0.717, 1.165) is 11.8 Å². The number of hydrogen-bond donors (Lipinski definition) is 1. The van der Waals surface area contributed by atoms with Crippen LogP contribution in [-0.4, -0.2) is 27.9 Å². The van der Waals surface area contributed by atoms with Crippen LogP contribution in [0.2, 0.25) is 0 Å². The van der Waals surface area contributed by atoms with Crippen LogP contribution in [0.25, 0.3) is 0 Å². The van der Waals surface area contributed by atoms with Crippen molar-refractivity contribution < 1.29 is 4.92 Å². The van der Waals surface area contributed by atoms with Crippen LogP contribution >= 0.6 is 11.6 Å². The molecule has 1 rings (SSSR count). The Balaban J connectivity index is 3.00. The summed E-state index contributed by atoms with van der Waals surface area (Å²) < 4.78 is 0. The average Bonchev–Trinajstić information content (AvgIpc) is 2.40. The molecule has 0 radical (unpaired) electrons. The lowest BCUT2D eigenvalue weighted by Gasteiger charge is -2.29. The quantitative estimate of drug-likeness (QED) is 0.360. The summed E-state index contributed by atoms with van der Waals surface area (Å²) in [6, 6.07) is 3.62. The summed E-state index contributed by atoms with van der Waals surface area (Å²) in [4.78, 5) is 15.9. The molecule has 7 heteroatoms. The van der Waals surface area contributed by atoms with E-state index in [0.29, 0.717) is 18.9 Å². The van der Waals surface area contributed by atoms with Gasteiger partial charge in [0.2, 0.25) is 0 Å². The predicted molar refractivity (Wildman–Crippen MR) is 74.0 cm³/mol. The first-order chi connectivity index (χ1) is 9.10. The fourth-order valence-electron chi connectivity index (χ4n) is 1.65. The third-order valence-corrected chi connectivity index (χ3v) is 2.96. The second-order valence-electron chi connectivity index (χ2n) is 3.74. The number of nitro groups is 1. The average molecular weight is 285 g/mol. The smallest absolute Gasteiger partial charge is 0.274 e. The fraction of sp³-hybridized carbons (Fsp3) is 0.417. The summed E-state index contributed by atoms with van der Waals surface area (Å²) in [5.41, 5.74) is 0.280. The van der Waals surface area contributed by atoms with E-state index >= 15 is 0 Å². The minimum Gasteiger partial charge on any atom is -0.367 e. The third kappa shape index (κ3) is 4.40. The highest BCUT2D eigenvalue weighted by atomic mass is 35.5. The summed E-state index contributed by atoms with van der Waals surface area (Å²) in [5, 5.41) is 13.6. The molecule has 0 aliphatic heterocycles. The lowest BCUT2D eigenvalue weighted by molar-refractivity contribution is -0.404. The Bertz CT molecular complexity index is 439. The first kappa shape index (κ1) is 15.2. The van der Waals surface area contributed by atoms with Crippen molar-refractivity contribution in [1.82, 2.24) is 15.2 Å². The molecule has 0 spiro atoms. The molecule has 0 bridgehead atoms. The van der Waals surface area contributed by atoms with Gasteiger partial charge < -0.3 is 10.2 Å². The summed E-state index contributed by atoms with van der Waals surface area (Å²) in [6.07, 6.45) is 4.23. The van der Waals surface area contributed by atoms with Crippen LogP contribution in [-0.2, 0) is 0 Å². The van der Waals surface area contributed by atoms with Crippen LogP contribution in [0.4, 0.5) is 0 Å². The topological polar surface area (TPSA) is 71.3 Å². The van der Waals surface area contributed by atoms with Crippen LogP contribution < -0.4 is 5.32 Å². The van der Waals surface area contributed by atoms with Gasteiger partial charge in [-0.1, -0.05) is 17.7 Å². The van der Waals surface area contributed by atoms with Crippen LogP contribution in [0.15, 0.2) is 36.5 Å². The van der Waals surface area contributed by atoms with Crippen LogP contribution in [0.1, 0.15) is 24.9 Å². The van der Waals surface area contributed by atoms with Gasteiger partial charge in [0.1, 0.15) is 5.50 Å². The van der Waals surface area contributed by atoms with E-state index in [1.807, 2.05) is 19.9 Å². The first-order valence-corrected chi connectivity index (χ1v) is 6.43. The molecular formula is C12H17ClN4O2. The zero-order chi connectivity index (χ0) is 14.3. The summed E-state index contributed by atoms with van der Waals surface area (Å²) in [5.74, 6) is 0.388. The Morgan fingerprint density at radius 2 is 2.42 bits per heavy atom. The van der Waals surface area contributed by atoms with E-state index < -0.39 is 10.4 Å². The highest BCUT2D eigenvalue weighted by Crippen LogP contribution is 2.26. The number of aromatic nitrogens is 1. The van der Waals surface area contributed by atoms with Crippen molar-refractivity contribution in [2.75, 3.05) is 13.1 Å². The van der Waals surface area contributed by atoms with Gasteiger partial charge >= 0.3 is 0 Å². The zero-order valence-electron chi connectivity index (χ0n) is 10.9. The predicted octanol–water partition coefficient (Wildman–Crippen LogP) is 2.33. The Morgan fingerprint density at radius 3 is 2.89 bits per heavy atom. The monoisotopic (exact) mass is 284 g/mol. The van der Waals surface area contributed by atoms with Crippen molar-refractivity contribution >= 4 is 11.6 Å². The zero-order valence-corrected chi connectivity index (χ0v) is 11.7. The van der Waals surface area contributed by atoms with E-state index in [1.165, 1.54) is 0 Å². The molecular weight excluding hydrogens is 268 g/mol. The second-order valence-corrected chi connectivity index (χ2v) is 4.15. The van der Waals surface area contributed by atoms with Gasteiger partial charge in [0.15, 0.2) is 5.82 Å². The highest BCUT2D eigenvalue weighted by molar-refractivity contribution is 6.20. The number of halogens is 1. The van der Waals surface area contributed by atoms with Crippen molar-refractivity contribution in [3.05, 3.63) is 52.2 Å². The standard InChI is InChI=1S/C12H17ClN4O2/c1-3-15-11(9-17(18)19)16(4-2)12(13)10-6-5-7-14-8-10/h5-9,12,15H,3-4H2,1-2H3. The van der Waals surface area contributed by atoms with Crippen LogP contribution in [0.3, 0.4) is 0 Å². The molecule has 0 aliphatic rings. The minimum absolute atomic E-state index is 0.388. The van der Waals surface area contributed by atoms with Gasteiger partial charge in [-0.15, -0.1) is 0 Å². The maximum absolute atomic E-state index is 10.7. The lowest BCUT2D eigenvalue weighted by atomic mass is 10.2. The molecule has 0 amide bonds. The molecule has 104 valence electrons. The molecule has 0 aliphatic carbocycles. The molecule has 6 nitrogen and oxygen atoms in total. The number of nitrogens with zero attached hydrogens (tertiary/aromatic N) is 3. The molecule has 0 saturated carbocycles. The Hall–Kier alpha value is -1.82. The fourth-order valence-corrected chi connectivity index (χ4v) is 2.02. The van der Waals surface area contributed by atoms with E-state index in [-0.39, 0.29) is 0 Å². The van der Waals surface area contributed by atoms with Crippen LogP contribution in [0.5, 0.6) is 0 Å². The van der Waals surface area contributed by atoms with Gasteiger partial charge in [0.05, 0.1) is 4.92 Å². The number of rotatable bonds is 7. The molecule has 1 aromatic heterocycles. The first-order valence-electron chi connectivity index (χ1n) is 6.00. The maximum Gasteiger partial charge on any atom is 0.274 e. The van der Waals surface area contributed by atoms with E-state index in [4.69, 9.17) is 11.6 Å². The van der Waals surface area contributed by atoms with Gasteiger partial charge in [-0.25, -0.2) is 0 Å². The maximum atomic E-state index is 10.7. The number of pyridine rings is 1. The minimum atomic E-state index is -0.510. The SMILES string of the molecule is CCNC(=C[N+](=O)[O-])N(CC)C(Cl)c1cccnc1.